The van der Waals surface area contributed by atoms with Gasteiger partial charge in [-0.25, -0.2) is 4.79 Å². The largest absolute Gasteiger partial charge is 0.482 e. The number of morpholine rings is 1. The van der Waals surface area contributed by atoms with Gasteiger partial charge in [-0.05, 0) is 12.1 Å². The van der Waals surface area contributed by atoms with Gasteiger partial charge in [0.2, 0.25) is 0 Å². The van der Waals surface area contributed by atoms with Gasteiger partial charge < -0.3 is 14.2 Å². The average Bonchev–Trinajstić information content (AvgIpc) is 2.54. The first-order valence-electron chi connectivity index (χ1n) is 6.98. The van der Waals surface area contributed by atoms with Crippen LogP contribution in [0.2, 0.25) is 0 Å². The Hall–Kier alpha value is -1.90. The molecule has 1 heterocycles. The second-order valence-corrected chi connectivity index (χ2v) is 4.71. The minimum Gasteiger partial charge on any atom is -0.482 e. The van der Waals surface area contributed by atoms with Gasteiger partial charge in [0, 0.05) is 31.8 Å². The Morgan fingerprint density at radius 3 is 2.52 bits per heavy atom. The zero-order valence-electron chi connectivity index (χ0n) is 12.5. The number of nitro benzene ring substituents is 1. The summed E-state index contributed by atoms with van der Waals surface area (Å²) < 4.78 is 15.5. The standard InChI is InChI=1S/C14H18N2O6.ClH/c17-14(21-10-7-15-5-8-20-9-6-15)11-22-13-3-1-12(2-4-13)16(18)19;/h1-4H,5-11H2;1H. The molecule has 0 saturated carbocycles. The molecule has 1 aliphatic rings. The van der Waals surface area contributed by atoms with Crippen molar-refractivity contribution in [3.8, 4) is 5.75 Å². The van der Waals surface area contributed by atoms with Gasteiger partial charge in [0.05, 0.1) is 18.1 Å². The van der Waals surface area contributed by atoms with E-state index in [0.717, 1.165) is 13.1 Å². The molecule has 1 aromatic rings. The third kappa shape index (κ3) is 6.81. The molecular formula is C14H19ClN2O6. The van der Waals surface area contributed by atoms with E-state index in [1.165, 1.54) is 24.3 Å². The zero-order valence-corrected chi connectivity index (χ0v) is 13.3. The number of nitrogens with zero attached hydrogens (tertiary/aromatic N) is 2. The van der Waals surface area contributed by atoms with Crippen LogP contribution in [0.15, 0.2) is 24.3 Å². The Kier molecular flexibility index (Phi) is 8.31. The van der Waals surface area contributed by atoms with Crippen LogP contribution in [-0.4, -0.2) is 61.9 Å². The van der Waals surface area contributed by atoms with Crippen molar-refractivity contribution in [1.82, 2.24) is 4.90 Å². The molecule has 128 valence electrons. The van der Waals surface area contributed by atoms with E-state index in [4.69, 9.17) is 14.2 Å². The number of ether oxygens (including phenoxy) is 3. The van der Waals surface area contributed by atoms with Crippen LogP contribution in [0.1, 0.15) is 0 Å². The van der Waals surface area contributed by atoms with Crippen LogP contribution in [0, 0.1) is 10.1 Å². The molecule has 1 fully saturated rings. The fraction of sp³-hybridized carbons (Fsp3) is 0.500. The monoisotopic (exact) mass is 346 g/mol. The highest BCUT2D eigenvalue weighted by atomic mass is 35.5. The minimum absolute atomic E-state index is 0. The maximum Gasteiger partial charge on any atom is 0.344 e. The summed E-state index contributed by atoms with van der Waals surface area (Å²) in [4.78, 5) is 23.7. The molecular weight excluding hydrogens is 328 g/mol. The van der Waals surface area contributed by atoms with Crippen LogP contribution in [0.4, 0.5) is 5.69 Å². The fourth-order valence-corrected chi connectivity index (χ4v) is 1.96. The summed E-state index contributed by atoms with van der Waals surface area (Å²) >= 11 is 0. The van der Waals surface area contributed by atoms with E-state index >= 15 is 0 Å². The highest BCUT2D eigenvalue weighted by Crippen LogP contribution is 2.17. The third-order valence-electron chi connectivity index (χ3n) is 3.18. The number of carbonyl (C=O) groups excluding carboxylic acids is 1. The molecule has 0 amide bonds. The van der Waals surface area contributed by atoms with Crippen molar-refractivity contribution < 1.29 is 23.9 Å². The lowest BCUT2D eigenvalue weighted by Crippen LogP contribution is -2.38. The number of non-ortho nitro benzene ring substituents is 1. The second kappa shape index (κ2) is 9.98. The molecule has 0 atom stereocenters. The minimum atomic E-state index is -0.496. The molecule has 0 bridgehead atoms. The van der Waals surface area contributed by atoms with Gasteiger partial charge in [-0.1, -0.05) is 0 Å². The molecule has 1 aliphatic heterocycles. The molecule has 9 heteroatoms. The number of hydrogen-bond donors (Lipinski definition) is 0. The molecule has 1 aromatic carbocycles. The van der Waals surface area contributed by atoms with E-state index < -0.39 is 10.9 Å². The second-order valence-electron chi connectivity index (χ2n) is 4.71. The molecule has 0 aliphatic carbocycles. The maximum atomic E-state index is 11.5. The zero-order chi connectivity index (χ0) is 15.8. The number of nitro groups is 1. The topological polar surface area (TPSA) is 91.1 Å². The average molecular weight is 347 g/mol. The lowest BCUT2D eigenvalue weighted by molar-refractivity contribution is -0.384. The predicted octanol–water partition coefficient (Wildman–Crippen LogP) is 1.27. The Morgan fingerprint density at radius 2 is 1.91 bits per heavy atom. The summed E-state index contributed by atoms with van der Waals surface area (Å²) in [6.07, 6.45) is 0. The fourth-order valence-electron chi connectivity index (χ4n) is 1.96. The van der Waals surface area contributed by atoms with Crippen LogP contribution < -0.4 is 4.74 Å². The Labute approximate surface area is 139 Å². The maximum absolute atomic E-state index is 11.5. The van der Waals surface area contributed by atoms with Gasteiger partial charge in [-0.3, -0.25) is 15.0 Å². The highest BCUT2D eigenvalue weighted by molar-refractivity contribution is 5.85. The van der Waals surface area contributed by atoms with E-state index in [9.17, 15) is 14.9 Å². The first-order chi connectivity index (χ1) is 10.6. The quantitative estimate of drug-likeness (QED) is 0.417. The SMILES string of the molecule is Cl.O=C(COc1ccc([N+](=O)[O-])cc1)OCCN1CCOCC1. The number of rotatable bonds is 7. The normalized spacial score (nSPS) is 14.6. The molecule has 0 radical (unpaired) electrons. The molecule has 2 rings (SSSR count). The van der Waals surface area contributed by atoms with E-state index in [-0.39, 0.29) is 24.7 Å². The van der Waals surface area contributed by atoms with Crippen LogP contribution in [0.3, 0.4) is 0 Å². The highest BCUT2D eigenvalue weighted by Gasteiger charge is 2.11. The summed E-state index contributed by atoms with van der Waals surface area (Å²) in [6.45, 7) is 3.86. The Balaban J connectivity index is 0.00000264. The van der Waals surface area contributed by atoms with Crippen molar-refractivity contribution in [3.05, 3.63) is 34.4 Å². The summed E-state index contributed by atoms with van der Waals surface area (Å²) in [5.74, 6) is -0.0812. The van der Waals surface area contributed by atoms with Crippen LogP contribution in [0.25, 0.3) is 0 Å². The lowest BCUT2D eigenvalue weighted by Gasteiger charge is -2.26. The smallest absolute Gasteiger partial charge is 0.344 e. The predicted molar refractivity (Wildman–Crippen MR) is 84.1 cm³/mol. The van der Waals surface area contributed by atoms with E-state index in [0.29, 0.717) is 32.1 Å². The van der Waals surface area contributed by atoms with Gasteiger partial charge in [0.15, 0.2) is 6.61 Å². The molecule has 0 spiro atoms. The van der Waals surface area contributed by atoms with Crippen molar-refractivity contribution in [1.29, 1.82) is 0 Å². The van der Waals surface area contributed by atoms with Crippen LogP contribution in [-0.2, 0) is 14.3 Å². The number of hydrogen-bond acceptors (Lipinski definition) is 7. The number of benzene rings is 1. The van der Waals surface area contributed by atoms with Gasteiger partial charge in [0.1, 0.15) is 12.4 Å². The van der Waals surface area contributed by atoms with Crippen molar-refractivity contribution >= 4 is 24.1 Å². The summed E-state index contributed by atoms with van der Waals surface area (Å²) in [5, 5.41) is 10.5. The van der Waals surface area contributed by atoms with E-state index in [1.807, 2.05) is 0 Å². The molecule has 0 aromatic heterocycles. The third-order valence-corrected chi connectivity index (χ3v) is 3.18. The van der Waals surface area contributed by atoms with Gasteiger partial charge in [0.25, 0.3) is 5.69 Å². The first-order valence-corrected chi connectivity index (χ1v) is 6.98. The molecule has 8 nitrogen and oxygen atoms in total. The van der Waals surface area contributed by atoms with E-state index in [2.05, 4.69) is 4.90 Å². The van der Waals surface area contributed by atoms with E-state index in [1.54, 1.807) is 0 Å². The van der Waals surface area contributed by atoms with Gasteiger partial charge in [-0.15, -0.1) is 12.4 Å². The van der Waals surface area contributed by atoms with Crippen molar-refractivity contribution in [2.45, 2.75) is 0 Å². The number of halogens is 1. The summed E-state index contributed by atoms with van der Waals surface area (Å²) in [7, 11) is 0. The van der Waals surface area contributed by atoms with Crippen molar-refractivity contribution in [2.75, 3.05) is 46.1 Å². The van der Waals surface area contributed by atoms with Crippen LogP contribution in [0.5, 0.6) is 5.75 Å². The van der Waals surface area contributed by atoms with Crippen molar-refractivity contribution in [3.63, 3.8) is 0 Å². The molecule has 0 N–H and O–H groups in total. The Morgan fingerprint density at radius 1 is 1.26 bits per heavy atom. The summed E-state index contributed by atoms with van der Waals surface area (Å²) in [5.41, 5.74) is -0.0274. The molecule has 1 saturated heterocycles. The van der Waals surface area contributed by atoms with Crippen molar-refractivity contribution in [2.24, 2.45) is 0 Å². The molecule has 23 heavy (non-hydrogen) atoms. The van der Waals surface area contributed by atoms with Crippen LogP contribution >= 0.6 is 12.4 Å². The number of carbonyl (C=O) groups is 1. The number of esters is 1. The lowest BCUT2D eigenvalue weighted by atomic mass is 10.3. The van der Waals surface area contributed by atoms with Gasteiger partial charge in [-0.2, -0.15) is 0 Å². The first kappa shape index (κ1) is 19.1. The summed E-state index contributed by atoms with van der Waals surface area (Å²) in [6, 6.07) is 5.52. The Bertz CT molecular complexity index is 504. The van der Waals surface area contributed by atoms with Gasteiger partial charge >= 0.3 is 5.97 Å². The molecule has 0 unspecified atom stereocenters.